The van der Waals surface area contributed by atoms with Crippen LogP contribution in [0.4, 0.5) is 13.2 Å². The Kier molecular flexibility index (Phi) is 3.50. The third-order valence-corrected chi connectivity index (χ3v) is 7.00. The monoisotopic (exact) mass is 312 g/mol. The number of hydrogen-bond donors (Lipinski definition) is 0. The van der Waals surface area contributed by atoms with Crippen molar-refractivity contribution >= 4 is 13.6 Å². The fourth-order valence-electron chi connectivity index (χ4n) is 3.07. The van der Waals surface area contributed by atoms with Crippen LogP contribution in [-0.2, 0) is 4.74 Å². The van der Waals surface area contributed by atoms with Crippen LogP contribution in [-0.4, -0.2) is 25.1 Å². The lowest BCUT2D eigenvalue weighted by atomic mass is 9.94. The third-order valence-electron chi connectivity index (χ3n) is 4.11. The summed E-state index contributed by atoms with van der Waals surface area (Å²) in [6.07, 6.45) is -3.62. The predicted octanol–water partition coefficient (Wildman–Crippen LogP) is 4.83. The van der Waals surface area contributed by atoms with Gasteiger partial charge < -0.3 is 4.74 Å². The van der Waals surface area contributed by atoms with Gasteiger partial charge in [0.15, 0.2) is 0 Å². The molecule has 0 amide bonds. The van der Waals surface area contributed by atoms with Crippen LogP contribution in [0.1, 0.15) is 5.56 Å². The van der Waals surface area contributed by atoms with Gasteiger partial charge in [-0.25, -0.2) is 0 Å². The summed E-state index contributed by atoms with van der Waals surface area (Å²) in [7, 11) is -2.40. The van der Waals surface area contributed by atoms with Gasteiger partial charge in [0.25, 0.3) is 0 Å². The van der Waals surface area contributed by atoms with E-state index in [9.17, 15) is 13.2 Å². The van der Waals surface area contributed by atoms with Crippen LogP contribution in [0, 0.1) is 0 Å². The summed E-state index contributed by atoms with van der Waals surface area (Å²) < 4.78 is 46.2. The molecular weight excluding hydrogens is 293 g/mol. The molecule has 1 heterocycles. The summed E-state index contributed by atoms with van der Waals surface area (Å²) >= 11 is 0. The van der Waals surface area contributed by atoms with Gasteiger partial charge in [-0.15, -0.1) is 0 Å². The van der Waals surface area contributed by atoms with Crippen LogP contribution < -0.4 is 0 Å². The Bertz CT molecular complexity index is 573. The van der Waals surface area contributed by atoms with Crippen LogP contribution in [0.15, 0.2) is 49.6 Å². The van der Waals surface area contributed by atoms with Crippen molar-refractivity contribution in [2.75, 3.05) is 0 Å². The van der Waals surface area contributed by atoms with Gasteiger partial charge in [-0.3, -0.25) is 0 Å². The number of ether oxygens (including phenoxy) is 1. The van der Waals surface area contributed by atoms with E-state index in [1.165, 1.54) is 0 Å². The molecule has 1 aliphatic heterocycles. The zero-order chi connectivity index (χ0) is 16.1. The molecule has 1 aliphatic rings. The minimum atomic E-state index is -4.51. The quantitative estimate of drug-likeness (QED) is 0.440. The largest absolute Gasteiger partial charge is 0.424 e. The summed E-state index contributed by atoms with van der Waals surface area (Å²) in [5, 5.41) is -1.40. The lowest BCUT2D eigenvalue weighted by Crippen LogP contribution is -2.52. The number of alkyl halides is 3. The highest BCUT2D eigenvalue weighted by Gasteiger charge is 2.85. The van der Waals surface area contributed by atoms with Crippen LogP contribution in [0.3, 0.4) is 0 Å². The van der Waals surface area contributed by atoms with Crippen LogP contribution >= 0.6 is 0 Å². The number of halogens is 3. The molecule has 21 heavy (non-hydrogen) atoms. The molecule has 114 valence electrons. The van der Waals surface area contributed by atoms with Crippen molar-refractivity contribution in [1.29, 1.82) is 0 Å². The number of benzene rings is 1. The van der Waals surface area contributed by atoms with E-state index in [0.717, 1.165) is 6.08 Å². The molecule has 2 rings (SSSR count). The molecule has 1 aromatic carbocycles. The third kappa shape index (κ3) is 2.02. The van der Waals surface area contributed by atoms with Crippen molar-refractivity contribution in [3.05, 3.63) is 55.1 Å². The number of epoxide rings is 1. The van der Waals surface area contributed by atoms with Crippen LogP contribution in [0.5, 0.6) is 0 Å². The number of rotatable bonds is 4. The smallest absolute Gasteiger partial charge is 0.347 e. The van der Waals surface area contributed by atoms with Crippen molar-refractivity contribution in [1.82, 2.24) is 0 Å². The molecule has 0 unspecified atom stereocenters. The van der Waals surface area contributed by atoms with Gasteiger partial charge in [0.2, 0.25) is 5.60 Å². The first-order valence-corrected chi connectivity index (χ1v) is 10.2. The van der Waals surface area contributed by atoms with Crippen molar-refractivity contribution in [3.8, 4) is 0 Å². The fraction of sp³-hybridized carbons (Fsp3) is 0.375. The first-order chi connectivity index (χ1) is 9.53. The second-order valence-corrected chi connectivity index (χ2v) is 11.5. The minimum absolute atomic E-state index is 0.388. The maximum Gasteiger partial charge on any atom is 0.424 e. The van der Waals surface area contributed by atoms with E-state index in [4.69, 9.17) is 4.74 Å². The molecule has 2 atom stereocenters. The molecule has 1 nitrogen and oxygen atoms in total. The molecule has 0 aliphatic carbocycles. The lowest BCUT2D eigenvalue weighted by molar-refractivity contribution is -0.169. The van der Waals surface area contributed by atoms with Crippen molar-refractivity contribution < 1.29 is 17.9 Å². The Labute approximate surface area is 124 Å². The summed E-state index contributed by atoms with van der Waals surface area (Å²) in [6, 6.07) is 8.90. The van der Waals surface area contributed by atoms with Gasteiger partial charge in [0.05, 0.1) is 8.07 Å². The lowest BCUT2D eigenvalue weighted by Gasteiger charge is -2.31. The zero-order valence-corrected chi connectivity index (χ0v) is 13.4. The molecule has 0 saturated carbocycles. The minimum Gasteiger partial charge on any atom is -0.347 e. The molecule has 1 fully saturated rings. The standard InChI is InChI=1S/C16H19F3OSi/c1-6-14(16(17,18)19)15(20-14,21(3,4)5)12(2)13-10-8-7-9-11-13/h6-11H,1-2H2,3-5H3/t14-,15-/m1/s1. The molecule has 1 aromatic rings. The molecule has 0 bridgehead atoms. The van der Waals surface area contributed by atoms with Gasteiger partial charge in [0.1, 0.15) is 5.22 Å². The molecule has 1 saturated heterocycles. The normalized spacial score (nSPS) is 29.0. The van der Waals surface area contributed by atoms with E-state index in [1.54, 1.807) is 24.3 Å². The van der Waals surface area contributed by atoms with Gasteiger partial charge >= 0.3 is 6.18 Å². The van der Waals surface area contributed by atoms with E-state index in [2.05, 4.69) is 13.2 Å². The molecule has 0 spiro atoms. The Hall–Kier alpha value is -1.33. The second-order valence-electron chi connectivity index (χ2n) is 6.32. The van der Waals surface area contributed by atoms with Crippen molar-refractivity contribution in [2.45, 2.75) is 36.6 Å². The Morgan fingerprint density at radius 2 is 1.71 bits per heavy atom. The topological polar surface area (TPSA) is 12.5 Å². The second kappa shape index (κ2) is 4.58. The molecular formula is C16H19F3OSi. The molecule has 0 aromatic heterocycles. The van der Waals surface area contributed by atoms with E-state index in [1.807, 2.05) is 25.7 Å². The highest BCUT2D eigenvalue weighted by molar-refractivity contribution is 6.82. The first kappa shape index (κ1) is 16.0. The SMILES string of the molecule is C=C[C@@]1(C(F)(F)F)O[C@]1(C(=C)c1ccccc1)[Si](C)(C)C. The van der Waals surface area contributed by atoms with Crippen LogP contribution in [0.2, 0.25) is 19.6 Å². The summed E-state index contributed by atoms with van der Waals surface area (Å²) in [4.78, 5) is 0. The fourth-order valence-corrected chi connectivity index (χ4v) is 5.94. The van der Waals surface area contributed by atoms with E-state index < -0.39 is 25.1 Å². The molecule has 5 heteroatoms. The Balaban J connectivity index is 2.59. The van der Waals surface area contributed by atoms with Gasteiger partial charge in [-0.05, 0) is 17.2 Å². The van der Waals surface area contributed by atoms with E-state index >= 15 is 0 Å². The van der Waals surface area contributed by atoms with Crippen molar-refractivity contribution in [3.63, 3.8) is 0 Å². The number of hydrogen-bond acceptors (Lipinski definition) is 1. The van der Waals surface area contributed by atoms with Gasteiger partial charge in [-0.2, -0.15) is 13.2 Å². The van der Waals surface area contributed by atoms with Gasteiger partial charge in [0, 0.05) is 0 Å². The Morgan fingerprint density at radius 3 is 2.05 bits per heavy atom. The van der Waals surface area contributed by atoms with Crippen LogP contribution in [0.25, 0.3) is 5.57 Å². The summed E-state index contributed by atoms with van der Waals surface area (Å²) in [5.74, 6) is 0. The van der Waals surface area contributed by atoms with E-state index in [0.29, 0.717) is 11.1 Å². The van der Waals surface area contributed by atoms with Crippen molar-refractivity contribution in [2.24, 2.45) is 0 Å². The average molecular weight is 312 g/mol. The Morgan fingerprint density at radius 1 is 1.19 bits per heavy atom. The average Bonchev–Trinajstić information content (AvgIpc) is 3.10. The summed E-state index contributed by atoms with van der Waals surface area (Å²) in [6.45, 7) is 12.9. The van der Waals surface area contributed by atoms with Gasteiger partial charge in [-0.1, -0.05) is 63.1 Å². The molecule has 0 N–H and O–H groups in total. The molecule has 0 radical (unpaired) electrons. The maximum atomic E-state index is 13.6. The van der Waals surface area contributed by atoms with E-state index in [-0.39, 0.29) is 0 Å². The predicted molar refractivity (Wildman–Crippen MR) is 81.6 cm³/mol. The highest BCUT2D eigenvalue weighted by atomic mass is 28.3. The summed E-state index contributed by atoms with van der Waals surface area (Å²) in [5.41, 5.74) is -1.26. The highest BCUT2D eigenvalue weighted by Crippen LogP contribution is 2.66. The first-order valence-electron chi connectivity index (χ1n) is 6.69. The zero-order valence-electron chi connectivity index (χ0n) is 12.4. The maximum absolute atomic E-state index is 13.6.